The van der Waals surface area contributed by atoms with Crippen molar-refractivity contribution in [1.29, 1.82) is 0 Å². The van der Waals surface area contributed by atoms with E-state index in [1.165, 1.54) is 27.2 Å². The standard InChI is InChI=1S/C46H52ClNO19/c1-23(49)48-32-17-29(13-15-31(32)47)20-58-45-42(62-26(4)52)40(60-24(2)50)39(35(64-45)21-57-37(54)19-28-14-16-33(55-6)34(18-28)56-7)67-46-43(63-27(5)53)41(61-25(3)51)38-36(65-46)22-59-44(66-38)30-11-9-8-10-12-30/h8-18,35-36,38-46H,19-22H2,1-7H3,(H,48,49)/t35-,36-,38-,39-,40+,41+,42-,43-,44?,45-,46-/m1/s1. The van der Waals surface area contributed by atoms with Crippen LogP contribution >= 0.6 is 11.6 Å². The Balaban J connectivity index is 1.36. The van der Waals surface area contributed by atoms with E-state index in [1.807, 2.05) is 6.07 Å². The molecule has 11 atom stereocenters. The van der Waals surface area contributed by atoms with Gasteiger partial charge in [0.15, 0.2) is 54.8 Å². The molecule has 0 spiro atoms. The van der Waals surface area contributed by atoms with Gasteiger partial charge in [-0.25, -0.2) is 0 Å². The number of amides is 1. The van der Waals surface area contributed by atoms with Crippen LogP contribution < -0.4 is 14.8 Å². The molecular formula is C46H52ClNO19. The molecule has 1 N–H and O–H groups in total. The highest BCUT2D eigenvalue weighted by atomic mass is 35.5. The van der Waals surface area contributed by atoms with Gasteiger partial charge in [0.05, 0.1) is 44.6 Å². The van der Waals surface area contributed by atoms with Gasteiger partial charge >= 0.3 is 29.8 Å². The summed E-state index contributed by atoms with van der Waals surface area (Å²) in [7, 11) is 2.92. The Morgan fingerprint density at radius 3 is 1.94 bits per heavy atom. The summed E-state index contributed by atoms with van der Waals surface area (Å²) >= 11 is 6.30. The van der Waals surface area contributed by atoms with Gasteiger partial charge in [0.25, 0.3) is 0 Å². The molecule has 67 heavy (non-hydrogen) atoms. The summed E-state index contributed by atoms with van der Waals surface area (Å²) in [5, 5.41) is 2.88. The fourth-order valence-electron chi connectivity index (χ4n) is 7.70. The summed E-state index contributed by atoms with van der Waals surface area (Å²) in [6.45, 7) is 4.84. The van der Waals surface area contributed by atoms with Gasteiger partial charge < -0.3 is 66.9 Å². The van der Waals surface area contributed by atoms with Crippen LogP contribution in [0.5, 0.6) is 11.5 Å². The maximum atomic E-state index is 13.5. The Bertz CT molecular complexity index is 2240. The predicted molar refractivity (Wildman–Crippen MR) is 229 cm³/mol. The molecule has 0 saturated carbocycles. The van der Waals surface area contributed by atoms with Gasteiger partial charge in [0, 0.05) is 40.2 Å². The maximum Gasteiger partial charge on any atom is 0.310 e. The molecule has 3 heterocycles. The quantitative estimate of drug-likeness (QED) is 0.147. The average molecular weight is 958 g/mol. The van der Waals surface area contributed by atoms with Gasteiger partial charge in [-0.15, -0.1) is 0 Å². The average Bonchev–Trinajstić information content (AvgIpc) is 3.28. The van der Waals surface area contributed by atoms with Gasteiger partial charge in [-0.05, 0) is 35.4 Å². The van der Waals surface area contributed by atoms with Crippen LogP contribution in [0.25, 0.3) is 0 Å². The molecular weight excluding hydrogens is 906 g/mol. The molecule has 1 unspecified atom stereocenters. The first kappa shape index (κ1) is 50.5. The topological polar surface area (TPSA) is 234 Å². The molecule has 0 bridgehead atoms. The first-order chi connectivity index (χ1) is 32.0. The zero-order chi connectivity index (χ0) is 48.4. The number of nitrogens with one attached hydrogen (secondary N) is 1. The minimum atomic E-state index is -1.66. The monoisotopic (exact) mass is 957 g/mol. The van der Waals surface area contributed by atoms with E-state index in [0.717, 1.165) is 27.7 Å². The van der Waals surface area contributed by atoms with Crippen molar-refractivity contribution in [1.82, 2.24) is 0 Å². The molecule has 1 amide bonds. The van der Waals surface area contributed by atoms with Gasteiger partial charge in [-0.2, -0.15) is 0 Å². The maximum absolute atomic E-state index is 13.5. The Morgan fingerprint density at radius 2 is 1.30 bits per heavy atom. The number of benzene rings is 3. The molecule has 3 fully saturated rings. The van der Waals surface area contributed by atoms with Crippen molar-refractivity contribution < 1.29 is 90.3 Å². The number of halogens is 1. The lowest BCUT2D eigenvalue weighted by Gasteiger charge is -2.50. The van der Waals surface area contributed by atoms with Crippen molar-refractivity contribution >= 4 is 53.0 Å². The minimum Gasteiger partial charge on any atom is -0.493 e. The van der Waals surface area contributed by atoms with E-state index >= 15 is 0 Å². The molecule has 20 nitrogen and oxygen atoms in total. The number of methoxy groups -OCH3 is 2. The summed E-state index contributed by atoms with van der Waals surface area (Å²) in [5.41, 5.74) is 1.92. The summed E-state index contributed by atoms with van der Waals surface area (Å²) < 4.78 is 77.6. The van der Waals surface area contributed by atoms with E-state index in [9.17, 15) is 28.8 Å². The predicted octanol–water partition coefficient (Wildman–Crippen LogP) is 4.29. The summed E-state index contributed by atoms with van der Waals surface area (Å²) in [5.74, 6) is -3.59. The number of carbonyl (C=O) groups excluding carboxylic acids is 6. The Labute approximate surface area is 390 Å². The van der Waals surface area contributed by atoms with E-state index in [2.05, 4.69) is 5.32 Å². The van der Waals surface area contributed by atoms with Crippen LogP contribution in [-0.4, -0.2) is 125 Å². The molecule has 6 rings (SSSR count). The van der Waals surface area contributed by atoms with Crippen molar-refractivity contribution in [2.24, 2.45) is 0 Å². The first-order valence-corrected chi connectivity index (χ1v) is 21.4. The van der Waals surface area contributed by atoms with Gasteiger partial charge in [-0.3, -0.25) is 28.8 Å². The van der Waals surface area contributed by atoms with Crippen molar-refractivity contribution in [2.75, 3.05) is 32.8 Å². The zero-order valence-electron chi connectivity index (χ0n) is 37.7. The normalized spacial score (nSPS) is 26.7. The first-order valence-electron chi connectivity index (χ1n) is 21.0. The molecule has 21 heteroatoms. The lowest BCUT2D eigenvalue weighted by Crippen LogP contribution is -2.67. The molecule has 0 radical (unpaired) electrons. The highest BCUT2D eigenvalue weighted by Crippen LogP contribution is 2.40. The van der Waals surface area contributed by atoms with Gasteiger partial charge in [0.1, 0.15) is 31.0 Å². The molecule has 0 aromatic heterocycles. The number of fused-ring (bicyclic) bond motifs is 1. The Kier molecular flexibility index (Phi) is 17.5. The van der Waals surface area contributed by atoms with Crippen LogP contribution in [0.4, 0.5) is 5.69 Å². The fraction of sp³-hybridized carbons (Fsp3) is 0.478. The van der Waals surface area contributed by atoms with Crippen LogP contribution in [-0.2, 0) is 93.9 Å². The van der Waals surface area contributed by atoms with E-state index in [0.29, 0.717) is 28.2 Å². The number of hydrogen-bond donors (Lipinski definition) is 1. The SMILES string of the molecule is COc1ccc(CC(=O)OC[C@H]2O[C@@H](OCc3ccc(Cl)c(NC(C)=O)c3)[C@H](OC(C)=O)[C@@H](OC(C)=O)[C@@H]2O[C@H]2O[C@@H]3COC(c4ccccc4)O[C@H]3[C@H](OC(C)=O)[C@H]2OC(C)=O)cc1OC. The molecule has 0 aliphatic carbocycles. The van der Waals surface area contributed by atoms with Crippen molar-refractivity contribution in [3.05, 3.63) is 88.4 Å². The smallest absolute Gasteiger partial charge is 0.310 e. The van der Waals surface area contributed by atoms with Crippen molar-refractivity contribution in [3.63, 3.8) is 0 Å². The number of esters is 5. The fourth-order valence-corrected chi connectivity index (χ4v) is 7.86. The Morgan fingerprint density at radius 1 is 0.672 bits per heavy atom. The second-order valence-electron chi connectivity index (χ2n) is 15.5. The summed E-state index contributed by atoms with van der Waals surface area (Å²) in [4.78, 5) is 76.7. The van der Waals surface area contributed by atoms with Crippen LogP contribution in [0.3, 0.4) is 0 Å². The second-order valence-corrected chi connectivity index (χ2v) is 15.9. The lowest BCUT2D eigenvalue weighted by atomic mass is 9.95. The van der Waals surface area contributed by atoms with Crippen molar-refractivity contribution in [2.45, 2.75) is 115 Å². The molecule has 3 aliphatic heterocycles. The highest BCUT2D eigenvalue weighted by Gasteiger charge is 2.58. The van der Waals surface area contributed by atoms with Gasteiger partial charge in [0.2, 0.25) is 5.91 Å². The Hall–Kier alpha value is -5.87. The van der Waals surface area contributed by atoms with E-state index in [4.69, 9.17) is 73.2 Å². The molecule has 3 saturated heterocycles. The number of rotatable bonds is 17. The van der Waals surface area contributed by atoms with Crippen LogP contribution in [0.2, 0.25) is 5.02 Å². The largest absolute Gasteiger partial charge is 0.493 e. The third-order valence-electron chi connectivity index (χ3n) is 10.4. The molecule has 3 aromatic rings. The second kappa shape index (κ2) is 23.2. The highest BCUT2D eigenvalue weighted by molar-refractivity contribution is 6.33. The number of hydrogen-bond acceptors (Lipinski definition) is 19. The van der Waals surface area contributed by atoms with Crippen LogP contribution in [0.1, 0.15) is 57.6 Å². The van der Waals surface area contributed by atoms with Crippen molar-refractivity contribution in [3.8, 4) is 11.5 Å². The molecule has 3 aliphatic rings. The van der Waals surface area contributed by atoms with E-state index in [-0.39, 0.29) is 36.3 Å². The molecule has 3 aromatic carbocycles. The van der Waals surface area contributed by atoms with Crippen LogP contribution in [0.15, 0.2) is 66.7 Å². The third kappa shape index (κ3) is 13.4. The number of anilines is 1. The minimum absolute atomic E-state index is 0.124. The van der Waals surface area contributed by atoms with E-state index < -0.39 is 104 Å². The van der Waals surface area contributed by atoms with E-state index in [1.54, 1.807) is 54.6 Å². The number of carbonyl (C=O) groups is 6. The summed E-state index contributed by atoms with van der Waals surface area (Å²) in [6.07, 6.45) is -15.6. The third-order valence-corrected chi connectivity index (χ3v) is 10.7. The zero-order valence-corrected chi connectivity index (χ0v) is 38.4. The molecule has 362 valence electrons. The summed E-state index contributed by atoms with van der Waals surface area (Å²) in [6, 6.07) is 18.5. The lowest BCUT2D eigenvalue weighted by molar-refractivity contribution is -0.386. The number of ether oxygens (including phenoxy) is 13. The van der Waals surface area contributed by atoms with Gasteiger partial charge in [-0.1, -0.05) is 54.1 Å². The van der Waals surface area contributed by atoms with Crippen LogP contribution in [0, 0.1) is 0 Å².